The largest absolute Gasteiger partial charge is 0.469 e. The molecule has 2 rings (SSSR count). The van der Waals surface area contributed by atoms with Gasteiger partial charge in [0.1, 0.15) is 0 Å². The Labute approximate surface area is 96.6 Å². The van der Waals surface area contributed by atoms with Gasteiger partial charge in [0.2, 0.25) is 0 Å². The van der Waals surface area contributed by atoms with Crippen molar-refractivity contribution in [2.45, 2.75) is 37.5 Å². The fourth-order valence-electron chi connectivity index (χ4n) is 2.76. The topological polar surface area (TPSA) is 26.3 Å². The molecule has 16 heavy (non-hydrogen) atoms. The van der Waals surface area contributed by atoms with Gasteiger partial charge in [-0.25, -0.2) is 0 Å². The van der Waals surface area contributed by atoms with Gasteiger partial charge in [0.25, 0.3) is 0 Å². The van der Waals surface area contributed by atoms with Crippen LogP contribution in [0, 0.1) is 0 Å². The molecule has 2 heteroatoms. The van der Waals surface area contributed by atoms with Crippen LogP contribution in [0.3, 0.4) is 0 Å². The van der Waals surface area contributed by atoms with Crippen LogP contribution in [0.4, 0.5) is 0 Å². The highest BCUT2D eigenvalue weighted by atomic mass is 16.5. The Morgan fingerprint density at radius 2 is 1.88 bits per heavy atom. The van der Waals surface area contributed by atoms with Crippen molar-refractivity contribution in [1.29, 1.82) is 0 Å². The van der Waals surface area contributed by atoms with Gasteiger partial charge in [-0.1, -0.05) is 43.2 Å². The second kappa shape index (κ2) is 4.69. The van der Waals surface area contributed by atoms with Crippen LogP contribution in [-0.4, -0.2) is 13.1 Å². The summed E-state index contributed by atoms with van der Waals surface area (Å²) in [7, 11) is 1.47. The molecule has 0 amide bonds. The van der Waals surface area contributed by atoms with Gasteiger partial charge in [-0.3, -0.25) is 4.79 Å². The minimum atomic E-state index is -0.0919. The maximum absolute atomic E-state index is 11.5. The molecule has 0 radical (unpaired) electrons. The lowest BCUT2D eigenvalue weighted by molar-refractivity contribution is -0.142. The number of hydrogen-bond acceptors (Lipinski definition) is 2. The van der Waals surface area contributed by atoms with E-state index in [2.05, 4.69) is 12.1 Å². The normalized spacial score (nSPS) is 18.3. The maximum Gasteiger partial charge on any atom is 0.306 e. The molecule has 0 aliphatic heterocycles. The predicted molar refractivity (Wildman–Crippen MR) is 63.2 cm³/mol. The van der Waals surface area contributed by atoms with Gasteiger partial charge >= 0.3 is 5.97 Å². The average molecular weight is 218 g/mol. The second-order valence-electron chi connectivity index (χ2n) is 4.61. The Balaban J connectivity index is 2.25. The second-order valence-corrected chi connectivity index (χ2v) is 4.61. The highest BCUT2D eigenvalue weighted by Gasteiger charge is 2.37. The van der Waals surface area contributed by atoms with Crippen molar-refractivity contribution >= 4 is 5.97 Å². The molecule has 0 atom stereocenters. The van der Waals surface area contributed by atoms with Crippen molar-refractivity contribution < 1.29 is 9.53 Å². The number of methoxy groups -OCH3 is 1. The van der Waals surface area contributed by atoms with Gasteiger partial charge in [0.05, 0.1) is 13.5 Å². The van der Waals surface area contributed by atoms with Crippen molar-refractivity contribution in [1.82, 2.24) is 0 Å². The summed E-state index contributed by atoms with van der Waals surface area (Å²) in [4.78, 5) is 11.5. The van der Waals surface area contributed by atoms with E-state index in [-0.39, 0.29) is 11.4 Å². The molecule has 0 spiro atoms. The zero-order chi connectivity index (χ0) is 11.4. The van der Waals surface area contributed by atoms with E-state index in [1.807, 2.05) is 18.2 Å². The molecule has 1 aromatic rings. The lowest BCUT2D eigenvalue weighted by atomic mass is 9.76. The first-order valence-corrected chi connectivity index (χ1v) is 5.89. The molecule has 0 bridgehead atoms. The zero-order valence-corrected chi connectivity index (χ0v) is 9.74. The number of benzene rings is 1. The van der Waals surface area contributed by atoms with Crippen molar-refractivity contribution in [3.8, 4) is 0 Å². The number of ether oxygens (including phenoxy) is 1. The van der Waals surface area contributed by atoms with Crippen LogP contribution in [0.25, 0.3) is 0 Å². The van der Waals surface area contributed by atoms with Gasteiger partial charge in [-0.2, -0.15) is 0 Å². The summed E-state index contributed by atoms with van der Waals surface area (Å²) < 4.78 is 4.82. The minimum Gasteiger partial charge on any atom is -0.469 e. The molecule has 0 saturated heterocycles. The highest BCUT2D eigenvalue weighted by molar-refractivity contribution is 5.71. The standard InChI is InChI=1S/C14H18O2/c1-16-13(15)11-14(9-5-6-10-14)12-7-3-2-4-8-12/h2-4,7-8H,5-6,9-11H2,1H3. The number of rotatable bonds is 3. The molecule has 1 aromatic carbocycles. The molecular formula is C14H18O2. The summed E-state index contributed by atoms with van der Waals surface area (Å²) in [5, 5.41) is 0. The van der Waals surface area contributed by atoms with Gasteiger partial charge in [0, 0.05) is 5.41 Å². The summed E-state index contributed by atoms with van der Waals surface area (Å²) in [5.74, 6) is -0.0919. The first kappa shape index (κ1) is 11.2. The van der Waals surface area contributed by atoms with Crippen LogP contribution >= 0.6 is 0 Å². The van der Waals surface area contributed by atoms with Crippen molar-refractivity contribution in [2.75, 3.05) is 7.11 Å². The quantitative estimate of drug-likeness (QED) is 0.729. The smallest absolute Gasteiger partial charge is 0.306 e. The number of carbonyl (C=O) groups excluding carboxylic acids is 1. The molecule has 0 N–H and O–H groups in total. The van der Waals surface area contributed by atoms with Crippen molar-refractivity contribution in [3.63, 3.8) is 0 Å². The van der Waals surface area contributed by atoms with Crippen LogP contribution < -0.4 is 0 Å². The van der Waals surface area contributed by atoms with E-state index in [0.29, 0.717) is 6.42 Å². The molecule has 1 saturated carbocycles. The van der Waals surface area contributed by atoms with E-state index in [1.165, 1.54) is 25.5 Å². The lowest BCUT2D eigenvalue weighted by Crippen LogP contribution is -2.26. The van der Waals surface area contributed by atoms with E-state index < -0.39 is 0 Å². The lowest BCUT2D eigenvalue weighted by Gasteiger charge is -2.28. The molecule has 1 aliphatic carbocycles. The third kappa shape index (κ3) is 2.11. The molecule has 0 heterocycles. The predicted octanol–water partition coefficient (Wildman–Crippen LogP) is 3.06. The monoisotopic (exact) mass is 218 g/mol. The third-order valence-corrected chi connectivity index (χ3v) is 3.66. The maximum atomic E-state index is 11.5. The third-order valence-electron chi connectivity index (χ3n) is 3.66. The fraction of sp³-hybridized carbons (Fsp3) is 0.500. The van der Waals surface area contributed by atoms with Crippen LogP contribution in [0.2, 0.25) is 0 Å². The molecular weight excluding hydrogens is 200 g/mol. The molecule has 0 aromatic heterocycles. The minimum absolute atomic E-state index is 0.0361. The Morgan fingerprint density at radius 3 is 2.44 bits per heavy atom. The summed E-state index contributed by atoms with van der Waals surface area (Å²) in [6.45, 7) is 0. The van der Waals surface area contributed by atoms with Crippen LogP contribution in [0.15, 0.2) is 30.3 Å². The van der Waals surface area contributed by atoms with Crippen LogP contribution in [0.1, 0.15) is 37.7 Å². The first-order chi connectivity index (χ1) is 7.77. The van der Waals surface area contributed by atoms with E-state index >= 15 is 0 Å². The SMILES string of the molecule is COC(=O)CC1(c2ccccc2)CCCC1. The molecule has 86 valence electrons. The average Bonchev–Trinajstić information content (AvgIpc) is 2.80. The Hall–Kier alpha value is -1.31. The molecule has 0 unspecified atom stereocenters. The number of carbonyl (C=O) groups is 1. The Kier molecular flexibility index (Phi) is 3.28. The molecule has 1 aliphatic rings. The van der Waals surface area contributed by atoms with E-state index in [9.17, 15) is 4.79 Å². The summed E-state index contributed by atoms with van der Waals surface area (Å²) in [6.07, 6.45) is 5.16. The van der Waals surface area contributed by atoms with Crippen molar-refractivity contribution in [3.05, 3.63) is 35.9 Å². The van der Waals surface area contributed by atoms with E-state index in [1.54, 1.807) is 0 Å². The van der Waals surface area contributed by atoms with Crippen molar-refractivity contribution in [2.24, 2.45) is 0 Å². The summed E-state index contributed by atoms with van der Waals surface area (Å²) in [6, 6.07) is 10.4. The Bertz CT molecular complexity index is 350. The van der Waals surface area contributed by atoms with Gasteiger partial charge in [-0.05, 0) is 18.4 Å². The molecule has 1 fully saturated rings. The summed E-state index contributed by atoms with van der Waals surface area (Å²) >= 11 is 0. The summed E-state index contributed by atoms with van der Waals surface area (Å²) in [5.41, 5.74) is 1.33. The first-order valence-electron chi connectivity index (χ1n) is 5.89. The Morgan fingerprint density at radius 1 is 1.25 bits per heavy atom. The molecule has 2 nitrogen and oxygen atoms in total. The fourth-order valence-corrected chi connectivity index (χ4v) is 2.76. The highest BCUT2D eigenvalue weighted by Crippen LogP contribution is 2.43. The van der Waals surface area contributed by atoms with Gasteiger partial charge < -0.3 is 4.74 Å². The van der Waals surface area contributed by atoms with Gasteiger partial charge in [0.15, 0.2) is 0 Å². The van der Waals surface area contributed by atoms with Crippen LogP contribution in [0.5, 0.6) is 0 Å². The van der Waals surface area contributed by atoms with Crippen LogP contribution in [-0.2, 0) is 14.9 Å². The van der Waals surface area contributed by atoms with E-state index in [4.69, 9.17) is 4.74 Å². The van der Waals surface area contributed by atoms with E-state index in [0.717, 1.165) is 12.8 Å². The van der Waals surface area contributed by atoms with Gasteiger partial charge in [-0.15, -0.1) is 0 Å². The number of hydrogen-bond donors (Lipinski definition) is 0. The number of esters is 1. The zero-order valence-electron chi connectivity index (χ0n) is 9.74.